The first-order valence-corrected chi connectivity index (χ1v) is 7.58. The fourth-order valence-corrected chi connectivity index (χ4v) is 2.58. The van der Waals surface area contributed by atoms with E-state index in [0.29, 0.717) is 17.0 Å². The van der Waals surface area contributed by atoms with Gasteiger partial charge in [-0.15, -0.1) is 0 Å². The fourth-order valence-electron chi connectivity index (χ4n) is 2.19. The van der Waals surface area contributed by atoms with Crippen LogP contribution in [0.3, 0.4) is 0 Å². The summed E-state index contributed by atoms with van der Waals surface area (Å²) >= 11 is 1.50. The molecule has 5 nitrogen and oxygen atoms in total. The SMILES string of the molecule is CSc1nc(N)cc(NCC(C)N2CCCC2)n1. The highest BCUT2D eigenvalue weighted by molar-refractivity contribution is 7.98. The van der Waals surface area contributed by atoms with Crippen molar-refractivity contribution in [1.29, 1.82) is 0 Å². The maximum absolute atomic E-state index is 5.75. The molecule has 3 N–H and O–H groups in total. The lowest BCUT2D eigenvalue weighted by Gasteiger charge is -2.24. The van der Waals surface area contributed by atoms with E-state index >= 15 is 0 Å². The van der Waals surface area contributed by atoms with Gasteiger partial charge < -0.3 is 11.1 Å². The number of rotatable bonds is 5. The Kier molecular flexibility index (Phi) is 4.66. The third-order valence-electron chi connectivity index (χ3n) is 3.25. The molecule has 0 aromatic carbocycles. The molecule has 100 valence electrons. The van der Waals surface area contributed by atoms with Gasteiger partial charge in [0.25, 0.3) is 0 Å². The summed E-state index contributed by atoms with van der Waals surface area (Å²) in [5, 5.41) is 4.06. The molecule has 2 heterocycles. The average molecular weight is 267 g/mol. The van der Waals surface area contributed by atoms with Crippen molar-refractivity contribution in [3.05, 3.63) is 6.07 Å². The minimum atomic E-state index is 0.519. The second kappa shape index (κ2) is 6.24. The normalized spacial score (nSPS) is 17.9. The maximum atomic E-state index is 5.75. The number of nitrogens with one attached hydrogen (secondary N) is 1. The molecule has 0 spiro atoms. The van der Waals surface area contributed by atoms with Crippen LogP contribution in [0.15, 0.2) is 11.2 Å². The van der Waals surface area contributed by atoms with E-state index in [9.17, 15) is 0 Å². The molecule has 1 aromatic rings. The number of likely N-dealkylation sites (tertiary alicyclic amines) is 1. The third-order valence-corrected chi connectivity index (χ3v) is 3.80. The molecule has 0 amide bonds. The summed E-state index contributed by atoms with van der Waals surface area (Å²) in [7, 11) is 0. The summed E-state index contributed by atoms with van der Waals surface area (Å²) in [4.78, 5) is 11.0. The molecular formula is C12H21N5S. The Labute approximate surface area is 113 Å². The van der Waals surface area contributed by atoms with Crippen LogP contribution in [-0.4, -0.2) is 46.8 Å². The maximum Gasteiger partial charge on any atom is 0.191 e. The highest BCUT2D eigenvalue weighted by atomic mass is 32.2. The third kappa shape index (κ3) is 3.49. The Morgan fingerprint density at radius 1 is 1.44 bits per heavy atom. The summed E-state index contributed by atoms with van der Waals surface area (Å²) in [5.41, 5.74) is 5.75. The molecule has 1 aliphatic heterocycles. The summed E-state index contributed by atoms with van der Waals surface area (Å²) in [6, 6.07) is 2.32. The van der Waals surface area contributed by atoms with E-state index in [1.807, 2.05) is 6.26 Å². The molecule has 0 radical (unpaired) electrons. The summed E-state index contributed by atoms with van der Waals surface area (Å²) in [5.74, 6) is 1.34. The van der Waals surface area contributed by atoms with E-state index in [2.05, 4.69) is 27.1 Å². The molecule has 6 heteroatoms. The summed E-state index contributed by atoms with van der Waals surface area (Å²) in [6.07, 6.45) is 4.59. The largest absolute Gasteiger partial charge is 0.383 e. The molecule has 1 fully saturated rings. The smallest absolute Gasteiger partial charge is 0.191 e. The minimum Gasteiger partial charge on any atom is -0.383 e. The first kappa shape index (κ1) is 13.4. The van der Waals surface area contributed by atoms with Crippen molar-refractivity contribution >= 4 is 23.4 Å². The van der Waals surface area contributed by atoms with Gasteiger partial charge in [-0.25, -0.2) is 9.97 Å². The van der Waals surface area contributed by atoms with E-state index in [0.717, 1.165) is 12.4 Å². The van der Waals surface area contributed by atoms with Crippen molar-refractivity contribution in [2.45, 2.75) is 31.0 Å². The molecule has 0 saturated carbocycles. The van der Waals surface area contributed by atoms with Gasteiger partial charge >= 0.3 is 0 Å². The highest BCUT2D eigenvalue weighted by Gasteiger charge is 2.17. The standard InChI is InChI=1S/C12H21N5S/c1-9(17-5-3-4-6-17)8-14-11-7-10(13)15-12(16-11)18-2/h7,9H,3-6,8H2,1-2H3,(H3,13,14,15,16). The van der Waals surface area contributed by atoms with Crippen molar-refractivity contribution in [3.8, 4) is 0 Å². The van der Waals surface area contributed by atoms with Gasteiger partial charge in [0.15, 0.2) is 5.16 Å². The predicted octanol–water partition coefficient (Wildman–Crippen LogP) is 1.68. The van der Waals surface area contributed by atoms with Crippen LogP contribution in [0.4, 0.5) is 11.6 Å². The first-order valence-electron chi connectivity index (χ1n) is 6.35. The molecule has 1 saturated heterocycles. The van der Waals surface area contributed by atoms with Gasteiger partial charge in [0, 0.05) is 18.7 Å². The van der Waals surface area contributed by atoms with Crippen molar-refractivity contribution in [2.24, 2.45) is 0 Å². The average Bonchev–Trinajstić information content (AvgIpc) is 2.89. The second-order valence-electron chi connectivity index (χ2n) is 4.64. The van der Waals surface area contributed by atoms with Crippen LogP contribution in [0.1, 0.15) is 19.8 Å². The van der Waals surface area contributed by atoms with E-state index in [4.69, 9.17) is 5.73 Å². The van der Waals surface area contributed by atoms with Crippen molar-refractivity contribution < 1.29 is 0 Å². The predicted molar refractivity (Wildman–Crippen MR) is 77.0 cm³/mol. The number of hydrogen-bond acceptors (Lipinski definition) is 6. The number of nitrogens with zero attached hydrogens (tertiary/aromatic N) is 3. The molecule has 1 aromatic heterocycles. The molecule has 0 aliphatic carbocycles. The first-order chi connectivity index (χ1) is 8.69. The van der Waals surface area contributed by atoms with Gasteiger partial charge in [0.05, 0.1) is 0 Å². The van der Waals surface area contributed by atoms with Crippen molar-refractivity contribution in [1.82, 2.24) is 14.9 Å². The Morgan fingerprint density at radius 3 is 2.83 bits per heavy atom. The van der Waals surface area contributed by atoms with Crippen LogP contribution in [0.25, 0.3) is 0 Å². The van der Waals surface area contributed by atoms with Crippen molar-refractivity contribution in [3.63, 3.8) is 0 Å². The number of thioether (sulfide) groups is 1. The number of nitrogen functional groups attached to an aromatic ring is 1. The monoisotopic (exact) mass is 267 g/mol. The zero-order valence-electron chi connectivity index (χ0n) is 11.0. The Balaban J connectivity index is 1.90. The van der Waals surface area contributed by atoms with Gasteiger partial charge in [-0.1, -0.05) is 11.8 Å². The zero-order chi connectivity index (χ0) is 13.0. The van der Waals surface area contributed by atoms with Crippen LogP contribution < -0.4 is 11.1 Å². The quantitative estimate of drug-likeness (QED) is 0.625. The van der Waals surface area contributed by atoms with Crippen LogP contribution in [0.5, 0.6) is 0 Å². The molecule has 1 atom stereocenters. The Morgan fingerprint density at radius 2 is 2.17 bits per heavy atom. The summed E-state index contributed by atoms with van der Waals surface area (Å²) in [6.45, 7) is 5.57. The van der Waals surface area contributed by atoms with Gasteiger partial charge in [0.2, 0.25) is 0 Å². The highest BCUT2D eigenvalue weighted by Crippen LogP contribution is 2.16. The van der Waals surface area contributed by atoms with E-state index in [1.165, 1.54) is 37.7 Å². The zero-order valence-corrected chi connectivity index (χ0v) is 11.8. The van der Waals surface area contributed by atoms with Gasteiger partial charge in [0.1, 0.15) is 11.6 Å². The van der Waals surface area contributed by atoms with E-state index < -0.39 is 0 Å². The van der Waals surface area contributed by atoms with Gasteiger partial charge in [-0.2, -0.15) is 0 Å². The summed E-state index contributed by atoms with van der Waals surface area (Å²) < 4.78 is 0. The van der Waals surface area contributed by atoms with Crippen LogP contribution in [-0.2, 0) is 0 Å². The van der Waals surface area contributed by atoms with Crippen molar-refractivity contribution in [2.75, 3.05) is 36.9 Å². The van der Waals surface area contributed by atoms with Crippen LogP contribution in [0, 0.1) is 0 Å². The number of hydrogen-bond donors (Lipinski definition) is 2. The molecule has 1 unspecified atom stereocenters. The lowest BCUT2D eigenvalue weighted by Crippen LogP contribution is -2.35. The molecule has 18 heavy (non-hydrogen) atoms. The minimum absolute atomic E-state index is 0.519. The van der Waals surface area contributed by atoms with Crippen LogP contribution in [0.2, 0.25) is 0 Å². The lowest BCUT2D eigenvalue weighted by atomic mass is 10.3. The van der Waals surface area contributed by atoms with Gasteiger partial charge in [-0.05, 0) is 39.1 Å². The number of anilines is 2. The van der Waals surface area contributed by atoms with E-state index in [1.54, 1.807) is 6.07 Å². The Bertz CT molecular complexity index is 392. The number of nitrogens with two attached hydrogens (primary N) is 1. The topological polar surface area (TPSA) is 67.1 Å². The lowest BCUT2D eigenvalue weighted by molar-refractivity contribution is 0.269. The van der Waals surface area contributed by atoms with Gasteiger partial charge in [-0.3, -0.25) is 4.90 Å². The number of aromatic nitrogens is 2. The molecule has 2 rings (SSSR count). The van der Waals surface area contributed by atoms with Crippen LogP contribution >= 0.6 is 11.8 Å². The molecule has 0 bridgehead atoms. The second-order valence-corrected chi connectivity index (χ2v) is 5.41. The Hall–Kier alpha value is -1.01. The molecular weight excluding hydrogens is 246 g/mol. The van der Waals surface area contributed by atoms with E-state index in [-0.39, 0.29) is 0 Å². The molecule has 1 aliphatic rings. The fraction of sp³-hybridized carbons (Fsp3) is 0.667.